The van der Waals surface area contributed by atoms with Crippen LogP contribution in [-0.4, -0.2) is 26.5 Å². The summed E-state index contributed by atoms with van der Waals surface area (Å²) in [6.45, 7) is 3.85. The topological polar surface area (TPSA) is 127 Å². The average molecular weight is 586 g/mol. The van der Waals surface area contributed by atoms with Gasteiger partial charge in [0.1, 0.15) is 23.8 Å². The molecular weight excluding hydrogens is 554 g/mol. The summed E-state index contributed by atoms with van der Waals surface area (Å²) in [5, 5.41) is 7.17. The van der Waals surface area contributed by atoms with Crippen molar-refractivity contribution in [3.63, 3.8) is 0 Å². The van der Waals surface area contributed by atoms with Crippen molar-refractivity contribution in [2.75, 3.05) is 10.0 Å². The Morgan fingerprint density at radius 3 is 2.33 bits per heavy atom. The maximum absolute atomic E-state index is 13.2. The number of carbonyl (C=O) groups excluding carboxylic acids is 2. The molecule has 0 spiro atoms. The summed E-state index contributed by atoms with van der Waals surface area (Å²) in [6, 6.07) is 27.0. The second-order valence-electron chi connectivity index (χ2n) is 10.0. The number of sulfonamides is 1. The van der Waals surface area contributed by atoms with Crippen molar-refractivity contribution in [3.8, 4) is 0 Å². The number of benzene rings is 4. The number of carbonyl (C=O) groups is 2. The van der Waals surface area contributed by atoms with Gasteiger partial charge in [-0.1, -0.05) is 74.9 Å². The molecule has 216 valence electrons. The van der Waals surface area contributed by atoms with Crippen LogP contribution in [0.4, 0.5) is 16.2 Å². The molecule has 2 atom stereocenters. The monoisotopic (exact) mass is 585 g/mol. The zero-order valence-electron chi connectivity index (χ0n) is 23.2. The molecule has 1 heterocycles. The fourth-order valence-corrected chi connectivity index (χ4v) is 5.63. The average Bonchev–Trinajstić information content (AvgIpc) is 3.37. The lowest BCUT2D eigenvalue weighted by Gasteiger charge is -2.23. The van der Waals surface area contributed by atoms with Gasteiger partial charge in [-0.05, 0) is 47.9 Å². The number of hydrogen-bond donors (Lipinski definition) is 3. The standard InChI is InChI=1S/C32H31N3O6S/c1-3-21(2)30(34-32(37)40-20-22-10-5-4-6-11-22)31(36)33-23-12-9-13-24(18-23)35-42(38,39)25-16-17-27-26-14-7-8-15-28(26)41-29(27)19-25/h4-19,21,30,35H,3,20H2,1-2H3,(H,33,36)(H,34,37)/t21-,30-/m0/s1. The third-order valence-electron chi connectivity index (χ3n) is 7.02. The van der Waals surface area contributed by atoms with Crippen molar-refractivity contribution in [2.45, 2.75) is 37.8 Å². The highest BCUT2D eigenvalue weighted by Crippen LogP contribution is 2.31. The Morgan fingerprint density at radius 2 is 1.55 bits per heavy atom. The van der Waals surface area contributed by atoms with Gasteiger partial charge >= 0.3 is 6.09 Å². The van der Waals surface area contributed by atoms with E-state index in [-0.39, 0.29) is 23.1 Å². The highest BCUT2D eigenvalue weighted by Gasteiger charge is 2.27. The molecule has 0 aliphatic carbocycles. The molecule has 9 nitrogen and oxygen atoms in total. The molecule has 4 aromatic carbocycles. The van der Waals surface area contributed by atoms with E-state index in [4.69, 9.17) is 9.15 Å². The van der Waals surface area contributed by atoms with Gasteiger partial charge in [0, 0.05) is 22.5 Å². The first-order chi connectivity index (χ1) is 20.2. The van der Waals surface area contributed by atoms with Crippen molar-refractivity contribution in [1.29, 1.82) is 0 Å². The van der Waals surface area contributed by atoms with Gasteiger partial charge in [0.25, 0.3) is 10.0 Å². The SMILES string of the molecule is CC[C@H](C)[C@H](NC(=O)OCc1ccccc1)C(=O)Nc1cccc(NS(=O)(=O)c2ccc3c(c2)oc2ccccc23)c1. The summed E-state index contributed by atoms with van der Waals surface area (Å²) in [5.74, 6) is -0.638. The van der Waals surface area contributed by atoms with Crippen molar-refractivity contribution in [1.82, 2.24) is 5.32 Å². The number of amides is 2. The minimum absolute atomic E-state index is 0.0403. The fourth-order valence-electron chi connectivity index (χ4n) is 4.56. The molecule has 0 unspecified atom stereocenters. The number of anilines is 2. The number of para-hydroxylation sites is 1. The summed E-state index contributed by atoms with van der Waals surface area (Å²) in [7, 11) is -3.96. The van der Waals surface area contributed by atoms with Crippen molar-refractivity contribution >= 4 is 55.3 Å². The van der Waals surface area contributed by atoms with Crippen LogP contribution in [0.5, 0.6) is 0 Å². The molecular formula is C32H31N3O6S. The van der Waals surface area contributed by atoms with Gasteiger partial charge in [0.2, 0.25) is 5.91 Å². The van der Waals surface area contributed by atoms with Crippen LogP contribution in [0.1, 0.15) is 25.8 Å². The molecule has 2 amide bonds. The second kappa shape index (κ2) is 12.4. The maximum Gasteiger partial charge on any atom is 0.408 e. The van der Waals surface area contributed by atoms with Crippen molar-refractivity contribution < 1.29 is 27.2 Å². The van der Waals surface area contributed by atoms with E-state index in [1.54, 1.807) is 24.3 Å². The van der Waals surface area contributed by atoms with Gasteiger partial charge in [0.15, 0.2) is 0 Å². The lowest BCUT2D eigenvalue weighted by molar-refractivity contribution is -0.119. The highest BCUT2D eigenvalue weighted by atomic mass is 32.2. The van der Waals surface area contributed by atoms with E-state index < -0.39 is 28.1 Å². The fraction of sp³-hybridized carbons (Fsp3) is 0.188. The lowest BCUT2D eigenvalue weighted by atomic mass is 9.98. The first-order valence-corrected chi connectivity index (χ1v) is 15.0. The largest absolute Gasteiger partial charge is 0.456 e. The van der Waals surface area contributed by atoms with E-state index >= 15 is 0 Å². The first kappa shape index (κ1) is 28.7. The Balaban J connectivity index is 1.27. The van der Waals surface area contributed by atoms with Gasteiger partial charge in [-0.15, -0.1) is 0 Å². The molecule has 0 fully saturated rings. The van der Waals surface area contributed by atoms with Crippen molar-refractivity contribution in [3.05, 3.63) is 103 Å². The van der Waals surface area contributed by atoms with Crippen LogP contribution in [0, 0.1) is 5.92 Å². The number of ether oxygens (including phenoxy) is 1. The Bertz CT molecular complexity index is 1840. The minimum Gasteiger partial charge on any atom is -0.456 e. The van der Waals surface area contributed by atoms with Crippen LogP contribution in [-0.2, 0) is 26.2 Å². The third-order valence-corrected chi connectivity index (χ3v) is 8.40. The van der Waals surface area contributed by atoms with Gasteiger partial charge in [-0.3, -0.25) is 9.52 Å². The van der Waals surface area contributed by atoms with Gasteiger partial charge < -0.3 is 19.8 Å². The summed E-state index contributed by atoms with van der Waals surface area (Å²) in [6.07, 6.45) is -0.0748. The Labute approximate surface area is 243 Å². The highest BCUT2D eigenvalue weighted by molar-refractivity contribution is 7.92. The van der Waals surface area contributed by atoms with E-state index in [9.17, 15) is 18.0 Å². The number of alkyl carbamates (subject to hydrolysis) is 1. The van der Waals surface area contributed by atoms with Gasteiger partial charge in [-0.25, -0.2) is 13.2 Å². The predicted molar refractivity (Wildman–Crippen MR) is 163 cm³/mol. The summed E-state index contributed by atoms with van der Waals surface area (Å²) in [4.78, 5) is 25.7. The molecule has 0 radical (unpaired) electrons. The molecule has 0 saturated carbocycles. The number of nitrogens with one attached hydrogen (secondary N) is 3. The number of rotatable bonds is 10. The third kappa shape index (κ3) is 6.55. The first-order valence-electron chi connectivity index (χ1n) is 13.6. The zero-order valence-corrected chi connectivity index (χ0v) is 24.0. The molecule has 3 N–H and O–H groups in total. The van der Waals surface area contributed by atoms with Crippen molar-refractivity contribution in [2.24, 2.45) is 5.92 Å². The minimum atomic E-state index is -3.96. The Hall–Kier alpha value is -4.83. The molecule has 0 bridgehead atoms. The molecule has 0 aliphatic heterocycles. The molecule has 5 aromatic rings. The number of furan rings is 1. The smallest absolute Gasteiger partial charge is 0.408 e. The van der Waals surface area contributed by atoms with Crippen LogP contribution in [0.3, 0.4) is 0 Å². The zero-order chi connectivity index (χ0) is 29.7. The summed E-state index contributed by atoms with van der Waals surface area (Å²) >= 11 is 0. The molecule has 0 saturated heterocycles. The normalized spacial score (nSPS) is 12.9. The second-order valence-corrected chi connectivity index (χ2v) is 11.7. The quantitative estimate of drug-likeness (QED) is 0.168. The molecule has 5 rings (SSSR count). The van der Waals surface area contributed by atoms with Crippen LogP contribution in [0.25, 0.3) is 21.9 Å². The number of hydrogen-bond acceptors (Lipinski definition) is 6. The van der Waals surface area contributed by atoms with Crippen LogP contribution in [0.2, 0.25) is 0 Å². The maximum atomic E-state index is 13.2. The van der Waals surface area contributed by atoms with Crippen LogP contribution >= 0.6 is 0 Å². The Kier molecular flexibility index (Phi) is 8.44. The number of fused-ring (bicyclic) bond motifs is 3. The van der Waals surface area contributed by atoms with E-state index in [0.29, 0.717) is 23.3 Å². The van der Waals surface area contributed by atoms with E-state index in [1.807, 2.05) is 68.4 Å². The van der Waals surface area contributed by atoms with Gasteiger partial charge in [-0.2, -0.15) is 0 Å². The summed E-state index contributed by atoms with van der Waals surface area (Å²) < 4.78 is 40.1. The predicted octanol–water partition coefficient (Wildman–Crippen LogP) is 6.67. The lowest BCUT2D eigenvalue weighted by Crippen LogP contribution is -2.47. The van der Waals surface area contributed by atoms with E-state index in [2.05, 4.69) is 15.4 Å². The molecule has 1 aromatic heterocycles. The molecule has 10 heteroatoms. The van der Waals surface area contributed by atoms with E-state index in [0.717, 1.165) is 16.3 Å². The molecule has 0 aliphatic rings. The van der Waals surface area contributed by atoms with Crippen LogP contribution in [0.15, 0.2) is 106 Å². The van der Waals surface area contributed by atoms with E-state index in [1.165, 1.54) is 18.2 Å². The molecule has 42 heavy (non-hydrogen) atoms. The van der Waals surface area contributed by atoms with Crippen LogP contribution < -0.4 is 15.4 Å². The summed E-state index contributed by atoms with van der Waals surface area (Å²) in [5.41, 5.74) is 2.58. The Morgan fingerprint density at radius 1 is 0.833 bits per heavy atom. The van der Waals surface area contributed by atoms with Gasteiger partial charge in [0.05, 0.1) is 10.6 Å².